The molecule has 38 heavy (non-hydrogen) atoms. The molecule has 1 aliphatic carbocycles. The maximum Gasteiger partial charge on any atom is 0.416 e. The summed E-state index contributed by atoms with van der Waals surface area (Å²) in [5.41, 5.74) is -0.831. The van der Waals surface area contributed by atoms with Crippen LogP contribution in [0, 0.1) is 17.2 Å². The first-order valence-electron chi connectivity index (χ1n) is 12.5. The fourth-order valence-corrected chi connectivity index (χ4v) is 5.05. The minimum absolute atomic E-state index is 0.113. The molecule has 0 bridgehead atoms. The van der Waals surface area contributed by atoms with Crippen LogP contribution in [-0.2, 0) is 18.9 Å². The Balaban J connectivity index is 1.66. The zero-order valence-corrected chi connectivity index (χ0v) is 20.7. The predicted octanol–water partition coefficient (Wildman–Crippen LogP) is 8.95. The lowest BCUT2D eigenvalue weighted by atomic mass is 9.84. The molecule has 0 spiro atoms. The Kier molecular flexibility index (Phi) is 8.00. The van der Waals surface area contributed by atoms with Crippen molar-refractivity contribution in [1.82, 2.24) is 9.55 Å². The lowest BCUT2D eigenvalue weighted by Crippen LogP contribution is -2.12. The number of halogens is 6. The standard InChI is InChI=1S/C29H27F6N3/c1-19(9-10-20-6-3-2-4-7-20)22(16-36)14-23-18-38(27-26(23)8-5-11-37-27)17-21-12-24(28(30,31)32)15-25(13-21)29(33,34)35/h5,8,11-15,18,20H,1-4,6-7,9-10,17H2/b22-14+. The van der Waals surface area contributed by atoms with Gasteiger partial charge in [0.1, 0.15) is 5.65 Å². The number of fused-ring (bicyclic) bond motifs is 1. The van der Waals surface area contributed by atoms with Crippen molar-refractivity contribution < 1.29 is 26.3 Å². The largest absolute Gasteiger partial charge is 0.416 e. The van der Waals surface area contributed by atoms with E-state index in [9.17, 15) is 31.6 Å². The number of benzene rings is 1. The third-order valence-corrected chi connectivity index (χ3v) is 7.05. The summed E-state index contributed by atoms with van der Waals surface area (Å²) in [6, 6.07) is 7.16. The van der Waals surface area contributed by atoms with E-state index in [4.69, 9.17) is 0 Å². The van der Waals surface area contributed by atoms with Crippen LogP contribution >= 0.6 is 0 Å². The number of pyridine rings is 1. The molecule has 0 unspecified atom stereocenters. The van der Waals surface area contributed by atoms with Gasteiger partial charge >= 0.3 is 12.4 Å². The second kappa shape index (κ2) is 11.1. The van der Waals surface area contributed by atoms with Crippen LogP contribution in [0.3, 0.4) is 0 Å². The molecule has 0 atom stereocenters. The topological polar surface area (TPSA) is 41.6 Å². The van der Waals surface area contributed by atoms with E-state index in [0.29, 0.717) is 52.2 Å². The number of aromatic nitrogens is 2. The van der Waals surface area contributed by atoms with Crippen LogP contribution in [-0.4, -0.2) is 9.55 Å². The van der Waals surface area contributed by atoms with Crippen LogP contribution in [0.2, 0.25) is 0 Å². The van der Waals surface area contributed by atoms with Gasteiger partial charge in [0.05, 0.1) is 22.8 Å². The molecule has 1 aliphatic rings. The first-order valence-corrected chi connectivity index (χ1v) is 12.5. The third-order valence-electron chi connectivity index (χ3n) is 7.05. The minimum Gasteiger partial charge on any atom is -0.327 e. The van der Waals surface area contributed by atoms with Gasteiger partial charge in [0.15, 0.2) is 0 Å². The molecule has 1 saturated carbocycles. The van der Waals surface area contributed by atoms with E-state index in [1.807, 2.05) is 0 Å². The number of hydrogen-bond donors (Lipinski definition) is 0. The van der Waals surface area contributed by atoms with Gasteiger partial charge in [-0.05, 0) is 66.3 Å². The molecule has 0 amide bonds. The summed E-state index contributed by atoms with van der Waals surface area (Å²) in [4.78, 5) is 4.30. The highest BCUT2D eigenvalue weighted by Crippen LogP contribution is 2.37. The Morgan fingerprint density at radius 3 is 2.32 bits per heavy atom. The van der Waals surface area contributed by atoms with Crippen molar-refractivity contribution in [2.24, 2.45) is 5.92 Å². The van der Waals surface area contributed by atoms with Crippen LogP contribution in [0.4, 0.5) is 26.3 Å². The summed E-state index contributed by atoms with van der Waals surface area (Å²) in [5, 5.41) is 10.4. The minimum atomic E-state index is -4.93. The zero-order valence-electron chi connectivity index (χ0n) is 20.7. The molecule has 1 fully saturated rings. The first kappa shape index (κ1) is 27.5. The summed E-state index contributed by atoms with van der Waals surface area (Å²) in [6.07, 6.45) is 2.61. The molecule has 0 N–H and O–H groups in total. The average Bonchev–Trinajstić information content (AvgIpc) is 3.22. The van der Waals surface area contributed by atoms with E-state index in [1.54, 1.807) is 24.4 Å². The van der Waals surface area contributed by atoms with Crippen LogP contribution in [0.25, 0.3) is 17.1 Å². The highest BCUT2D eigenvalue weighted by atomic mass is 19.4. The van der Waals surface area contributed by atoms with E-state index in [1.165, 1.54) is 42.9 Å². The molecular weight excluding hydrogens is 504 g/mol. The van der Waals surface area contributed by atoms with Crippen molar-refractivity contribution in [2.75, 3.05) is 0 Å². The van der Waals surface area contributed by atoms with Crippen LogP contribution in [0.1, 0.15) is 67.2 Å². The molecule has 9 heteroatoms. The Morgan fingerprint density at radius 1 is 1.05 bits per heavy atom. The Labute approximate surface area is 217 Å². The van der Waals surface area contributed by atoms with E-state index >= 15 is 0 Å². The maximum atomic E-state index is 13.3. The van der Waals surface area contributed by atoms with Gasteiger partial charge in [0.25, 0.3) is 0 Å². The quantitative estimate of drug-likeness (QED) is 0.173. The second-order valence-electron chi connectivity index (χ2n) is 9.82. The van der Waals surface area contributed by atoms with Crippen molar-refractivity contribution in [2.45, 2.75) is 63.8 Å². The fourth-order valence-electron chi connectivity index (χ4n) is 5.05. The van der Waals surface area contributed by atoms with Crippen molar-refractivity contribution in [1.29, 1.82) is 5.26 Å². The molecule has 0 radical (unpaired) electrons. The molecular formula is C29H27F6N3. The number of hydrogen-bond acceptors (Lipinski definition) is 2. The molecule has 2 aromatic heterocycles. The summed E-state index contributed by atoms with van der Waals surface area (Å²) >= 11 is 0. The highest BCUT2D eigenvalue weighted by molar-refractivity contribution is 5.88. The smallest absolute Gasteiger partial charge is 0.327 e. The first-order chi connectivity index (χ1) is 18.0. The lowest BCUT2D eigenvalue weighted by molar-refractivity contribution is -0.143. The molecule has 4 rings (SSSR count). The second-order valence-corrected chi connectivity index (χ2v) is 9.82. The maximum absolute atomic E-state index is 13.3. The van der Waals surface area contributed by atoms with Crippen molar-refractivity contribution in [3.63, 3.8) is 0 Å². The van der Waals surface area contributed by atoms with Crippen LogP contribution in [0.5, 0.6) is 0 Å². The van der Waals surface area contributed by atoms with Gasteiger partial charge in [-0.25, -0.2) is 4.98 Å². The number of alkyl halides is 6. The Morgan fingerprint density at radius 2 is 1.71 bits per heavy atom. The number of allylic oxidation sites excluding steroid dienone is 2. The van der Waals surface area contributed by atoms with Crippen molar-refractivity contribution in [3.8, 4) is 6.07 Å². The predicted molar refractivity (Wildman–Crippen MR) is 134 cm³/mol. The number of nitriles is 1. The van der Waals surface area contributed by atoms with E-state index in [2.05, 4.69) is 17.6 Å². The molecule has 1 aromatic carbocycles. The van der Waals surface area contributed by atoms with Gasteiger partial charge in [0, 0.05) is 29.9 Å². The lowest BCUT2D eigenvalue weighted by Gasteiger charge is -2.21. The van der Waals surface area contributed by atoms with Crippen molar-refractivity contribution in [3.05, 3.63) is 82.7 Å². The van der Waals surface area contributed by atoms with Gasteiger partial charge in [-0.15, -0.1) is 0 Å². The molecule has 2 heterocycles. The molecule has 3 nitrogen and oxygen atoms in total. The molecule has 200 valence electrons. The number of rotatable bonds is 7. The fraction of sp³-hybridized carbons (Fsp3) is 0.379. The highest BCUT2D eigenvalue weighted by Gasteiger charge is 2.37. The van der Waals surface area contributed by atoms with E-state index in [0.717, 1.165) is 6.42 Å². The summed E-state index contributed by atoms with van der Waals surface area (Å²) in [7, 11) is 0. The summed E-state index contributed by atoms with van der Waals surface area (Å²) < 4.78 is 81.5. The SMILES string of the molecule is C=C(CCC1CCCCC1)/C(C#N)=C/c1cn(Cc2cc(C(F)(F)F)cc(C(F)(F)F)c2)c2ncccc12. The average molecular weight is 532 g/mol. The Hall–Kier alpha value is -3.54. The van der Waals surface area contributed by atoms with Crippen molar-refractivity contribution >= 4 is 17.1 Å². The van der Waals surface area contributed by atoms with Gasteiger partial charge in [-0.1, -0.05) is 38.7 Å². The van der Waals surface area contributed by atoms with Gasteiger partial charge in [-0.2, -0.15) is 31.6 Å². The summed E-state index contributed by atoms with van der Waals surface area (Å²) in [6.45, 7) is 3.84. The van der Waals surface area contributed by atoms with Gasteiger partial charge < -0.3 is 4.57 Å². The van der Waals surface area contributed by atoms with E-state index in [-0.39, 0.29) is 18.2 Å². The van der Waals surface area contributed by atoms with Gasteiger partial charge in [-0.3, -0.25) is 0 Å². The zero-order chi connectivity index (χ0) is 27.5. The van der Waals surface area contributed by atoms with E-state index < -0.39 is 23.5 Å². The molecule has 0 saturated heterocycles. The number of nitrogens with zero attached hydrogens (tertiary/aromatic N) is 3. The molecule has 3 aromatic rings. The normalized spacial score (nSPS) is 15.6. The molecule has 0 aliphatic heterocycles. The summed E-state index contributed by atoms with van der Waals surface area (Å²) in [5.74, 6) is 0.626. The Bertz CT molecular complexity index is 1350. The third kappa shape index (κ3) is 6.47. The van der Waals surface area contributed by atoms with Crippen LogP contribution in [0.15, 0.2) is 60.5 Å². The van der Waals surface area contributed by atoms with Gasteiger partial charge in [0.2, 0.25) is 0 Å². The monoisotopic (exact) mass is 531 g/mol. The van der Waals surface area contributed by atoms with Crippen LogP contribution < -0.4 is 0 Å².